The van der Waals surface area contributed by atoms with Gasteiger partial charge < -0.3 is 10.7 Å². The van der Waals surface area contributed by atoms with Crippen molar-refractivity contribution in [1.82, 2.24) is 9.58 Å². The summed E-state index contributed by atoms with van der Waals surface area (Å²) < 4.78 is 1.74. The maximum atomic E-state index is 12.9. The quantitative estimate of drug-likeness (QED) is 0.579. The molecule has 1 saturated carbocycles. The summed E-state index contributed by atoms with van der Waals surface area (Å²) in [4.78, 5) is 15.5. The van der Waals surface area contributed by atoms with Crippen molar-refractivity contribution in [2.75, 3.05) is 18.9 Å². The van der Waals surface area contributed by atoms with Gasteiger partial charge in [0.05, 0.1) is 5.52 Å². The lowest BCUT2D eigenvalue weighted by Crippen LogP contribution is -2.37. The molecule has 1 aliphatic carbocycles. The summed E-state index contributed by atoms with van der Waals surface area (Å²) in [6.07, 6.45) is 11.5. The third-order valence-electron chi connectivity index (χ3n) is 7.08. The van der Waals surface area contributed by atoms with Crippen LogP contribution in [0, 0.1) is 5.92 Å². The second kappa shape index (κ2) is 8.28. The number of nitrogen functional groups attached to an aromatic ring is 1. The summed E-state index contributed by atoms with van der Waals surface area (Å²) in [5.41, 5.74) is 3.23. The van der Waals surface area contributed by atoms with Crippen molar-refractivity contribution in [3.8, 4) is 0 Å². The van der Waals surface area contributed by atoms with Crippen molar-refractivity contribution in [1.29, 1.82) is 0 Å². The first kappa shape index (κ1) is 19.5. The smallest absolute Gasteiger partial charge is 0.163 e. The van der Waals surface area contributed by atoms with Gasteiger partial charge in [0, 0.05) is 29.6 Å². The monoisotopic (exact) mass is 381 g/mol. The molecule has 1 aliphatic heterocycles. The van der Waals surface area contributed by atoms with Crippen LogP contribution in [0.15, 0.2) is 24.4 Å². The molecule has 0 unspecified atom stereocenters. The van der Waals surface area contributed by atoms with Crippen LogP contribution in [-0.2, 0) is 0 Å². The average molecular weight is 382 g/mol. The number of aromatic nitrogens is 1. The van der Waals surface area contributed by atoms with E-state index in [1.165, 1.54) is 43.1 Å². The van der Waals surface area contributed by atoms with Gasteiger partial charge in [0.2, 0.25) is 0 Å². The maximum Gasteiger partial charge on any atom is 0.163 e. The zero-order valence-corrected chi connectivity index (χ0v) is 17.5. The number of carbonyl (C=O) groups excluding carboxylic acids is 1. The standard InChI is InChI=1S/C24H35N3O/c1-17(2)26-12-10-19(11-13-26)22-16-27(25)23-9-8-20(15-21(22)23)24(28)14-18-6-4-3-5-7-18/h8-9,15-19H,3-7,10-14,25H2,1-2H3. The SMILES string of the molecule is CC(C)N1CCC(c2cn(N)c3ccc(C(=O)CC4CCCCC4)cc23)CC1. The molecule has 4 nitrogen and oxygen atoms in total. The van der Waals surface area contributed by atoms with Gasteiger partial charge in [-0.15, -0.1) is 0 Å². The van der Waals surface area contributed by atoms with Gasteiger partial charge >= 0.3 is 0 Å². The van der Waals surface area contributed by atoms with E-state index in [0.717, 1.165) is 37.0 Å². The molecule has 0 spiro atoms. The molecule has 0 bridgehead atoms. The number of carbonyl (C=O) groups is 1. The number of piperidine rings is 1. The van der Waals surface area contributed by atoms with Gasteiger partial charge in [0.1, 0.15) is 0 Å². The van der Waals surface area contributed by atoms with Gasteiger partial charge in [-0.3, -0.25) is 9.47 Å². The van der Waals surface area contributed by atoms with Crippen molar-refractivity contribution >= 4 is 16.7 Å². The highest BCUT2D eigenvalue weighted by molar-refractivity contribution is 6.00. The number of rotatable bonds is 5. The number of hydrogen-bond acceptors (Lipinski definition) is 3. The van der Waals surface area contributed by atoms with Crippen LogP contribution in [-0.4, -0.2) is 34.5 Å². The fourth-order valence-electron chi connectivity index (χ4n) is 5.28. The summed E-state index contributed by atoms with van der Waals surface area (Å²) in [7, 11) is 0. The van der Waals surface area contributed by atoms with E-state index in [-0.39, 0.29) is 0 Å². The second-order valence-electron chi connectivity index (χ2n) is 9.26. The van der Waals surface area contributed by atoms with Crippen LogP contribution in [0.3, 0.4) is 0 Å². The van der Waals surface area contributed by atoms with Crippen molar-refractivity contribution in [3.05, 3.63) is 35.5 Å². The molecular formula is C24H35N3O. The topological polar surface area (TPSA) is 51.3 Å². The Morgan fingerprint density at radius 2 is 1.82 bits per heavy atom. The highest BCUT2D eigenvalue weighted by Crippen LogP contribution is 2.35. The lowest BCUT2D eigenvalue weighted by atomic mass is 9.84. The van der Waals surface area contributed by atoms with Gasteiger partial charge in [0.15, 0.2) is 5.78 Å². The first-order chi connectivity index (χ1) is 13.5. The molecule has 152 valence electrons. The van der Waals surface area contributed by atoms with Crippen molar-refractivity contribution in [3.63, 3.8) is 0 Å². The fraction of sp³-hybridized carbons (Fsp3) is 0.625. The summed E-state index contributed by atoms with van der Waals surface area (Å²) in [5, 5.41) is 1.18. The van der Waals surface area contributed by atoms with E-state index in [0.29, 0.717) is 30.1 Å². The third kappa shape index (κ3) is 3.98. The minimum absolute atomic E-state index is 0.305. The van der Waals surface area contributed by atoms with Crippen molar-refractivity contribution in [2.45, 2.75) is 77.2 Å². The van der Waals surface area contributed by atoms with E-state index in [4.69, 9.17) is 5.84 Å². The number of Topliss-reactive ketones (excluding diaryl/α,β-unsaturated/α-hetero) is 1. The minimum atomic E-state index is 0.305. The summed E-state index contributed by atoms with van der Waals surface area (Å²) in [6, 6.07) is 6.74. The van der Waals surface area contributed by atoms with E-state index in [9.17, 15) is 4.79 Å². The molecule has 2 fully saturated rings. The zero-order chi connectivity index (χ0) is 19.7. The molecule has 4 rings (SSSR count). The Labute approximate surface area is 169 Å². The van der Waals surface area contributed by atoms with Gasteiger partial charge in [-0.25, -0.2) is 0 Å². The highest BCUT2D eigenvalue weighted by Gasteiger charge is 2.25. The molecule has 0 amide bonds. The first-order valence-electron chi connectivity index (χ1n) is 11.2. The average Bonchev–Trinajstić information content (AvgIpc) is 3.05. The molecule has 1 saturated heterocycles. The Hall–Kier alpha value is -1.81. The van der Waals surface area contributed by atoms with E-state index in [1.807, 2.05) is 12.1 Å². The van der Waals surface area contributed by atoms with Crippen LogP contribution in [0.5, 0.6) is 0 Å². The van der Waals surface area contributed by atoms with Crippen LogP contribution in [0.1, 0.15) is 87.1 Å². The van der Waals surface area contributed by atoms with E-state index < -0.39 is 0 Å². The van der Waals surface area contributed by atoms with Gasteiger partial charge in [-0.1, -0.05) is 32.1 Å². The maximum absolute atomic E-state index is 12.9. The molecule has 0 atom stereocenters. The number of hydrogen-bond donors (Lipinski definition) is 1. The molecule has 2 N–H and O–H groups in total. The summed E-state index contributed by atoms with van der Waals surface area (Å²) >= 11 is 0. The van der Waals surface area contributed by atoms with Crippen LogP contribution in [0.2, 0.25) is 0 Å². The van der Waals surface area contributed by atoms with Gasteiger partial charge in [0.25, 0.3) is 0 Å². The molecule has 1 aromatic heterocycles. The molecular weight excluding hydrogens is 346 g/mol. The number of ketones is 1. The molecule has 2 aromatic rings. The lowest BCUT2D eigenvalue weighted by Gasteiger charge is -2.34. The Bertz CT molecular complexity index is 824. The number of likely N-dealkylation sites (tertiary alicyclic amines) is 1. The predicted molar refractivity (Wildman–Crippen MR) is 116 cm³/mol. The molecule has 1 aromatic carbocycles. The third-order valence-corrected chi connectivity index (χ3v) is 7.08. The van der Waals surface area contributed by atoms with Crippen LogP contribution >= 0.6 is 0 Å². The molecule has 4 heteroatoms. The van der Waals surface area contributed by atoms with E-state index in [1.54, 1.807) is 4.68 Å². The van der Waals surface area contributed by atoms with Crippen molar-refractivity contribution < 1.29 is 4.79 Å². The molecule has 28 heavy (non-hydrogen) atoms. The summed E-state index contributed by atoms with van der Waals surface area (Å²) in [6.45, 7) is 6.83. The van der Waals surface area contributed by atoms with Crippen LogP contribution < -0.4 is 5.84 Å². The van der Waals surface area contributed by atoms with Crippen LogP contribution in [0.25, 0.3) is 10.9 Å². The van der Waals surface area contributed by atoms with Gasteiger partial charge in [-0.05, 0) is 75.4 Å². The van der Waals surface area contributed by atoms with E-state index >= 15 is 0 Å². The second-order valence-corrected chi connectivity index (χ2v) is 9.26. The minimum Gasteiger partial charge on any atom is -0.339 e. The molecule has 2 heterocycles. The Balaban J connectivity index is 1.55. The van der Waals surface area contributed by atoms with Gasteiger partial charge in [-0.2, -0.15) is 0 Å². The Morgan fingerprint density at radius 3 is 2.50 bits per heavy atom. The van der Waals surface area contributed by atoms with E-state index in [2.05, 4.69) is 31.0 Å². The molecule has 0 radical (unpaired) electrons. The number of benzene rings is 1. The predicted octanol–water partition coefficient (Wildman–Crippen LogP) is 5.10. The Morgan fingerprint density at radius 1 is 1.11 bits per heavy atom. The highest BCUT2D eigenvalue weighted by atomic mass is 16.1. The lowest BCUT2D eigenvalue weighted by molar-refractivity contribution is 0.0950. The Kier molecular flexibility index (Phi) is 5.77. The fourth-order valence-corrected chi connectivity index (χ4v) is 5.28. The zero-order valence-electron chi connectivity index (χ0n) is 17.5. The number of nitrogens with zero attached hydrogens (tertiary/aromatic N) is 2. The summed E-state index contributed by atoms with van der Waals surface area (Å²) in [5.74, 6) is 7.67. The largest absolute Gasteiger partial charge is 0.339 e. The normalized spacial score (nSPS) is 20.2. The first-order valence-corrected chi connectivity index (χ1v) is 11.2. The van der Waals surface area contributed by atoms with Crippen molar-refractivity contribution in [2.24, 2.45) is 5.92 Å². The number of fused-ring (bicyclic) bond motifs is 1. The van der Waals surface area contributed by atoms with Crippen LogP contribution in [0.4, 0.5) is 0 Å². The molecule has 2 aliphatic rings. The number of nitrogens with two attached hydrogens (primary N) is 1.